The Balaban J connectivity index is 1.75. The van der Waals surface area contributed by atoms with Gasteiger partial charge >= 0.3 is 11.9 Å². The van der Waals surface area contributed by atoms with Gasteiger partial charge in [0.15, 0.2) is 0 Å². The van der Waals surface area contributed by atoms with Gasteiger partial charge in [-0.25, -0.2) is 4.79 Å². The average molecular weight is 508 g/mol. The standard InChI is InChI=1S/C28H49N3O5/c1-2-36-27(35)23(15-14-21-11-5-3-6-12-21)30-22(13-7-10-18-29)25(32)31-20-28(16-8-4-9-17-28)19-24(31)26(33)34/h21-24,30H,2-20,29H2,1H3,(H,33,34)/t22-,23?,24?/m0/s1. The van der Waals surface area contributed by atoms with E-state index in [4.69, 9.17) is 10.5 Å². The Kier molecular flexibility index (Phi) is 11.5. The normalized spacial score (nSPS) is 23.9. The number of nitrogens with one attached hydrogen (secondary N) is 1. The number of hydrogen-bond donors (Lipinski definition) is 3. The van der Waals surface area contributed by atoms with Gasteiger partial charge in [0.2, 0.25) is 5.91 Å². The third-order valence-electron chi connectivity index (χ3n) is 8.80. The second kappa shape index (κ2) is 14.3. The molecule has 0 aromatic heterocycles. The summed E-state index contributed by atoms with van der Waals surface area (Å²) in [6, 6.07) is -1.97. The topological polar surface area (TPSA) is 122 Å². The van der Waals surface area contributed by atoms with Crippen molar-refractivity contribution in [3.05, 3.63) is 0 Å². The zero-order valence-corrected chi connectivity index (χ0v) is 22.3. The maximum atomic E-state index is 13.9. The van der Waals surface area contributed by atoms with Crippen molar-refractivity contribution in [3.63, 3.8) is 0 Å². The molecule has 0 radical (unpaired) electrons. The molecule has 2 unspecified atom stereocenters. The molecule has 8 heteroatoms. The summed E-state index contributed by atoms with van der Waals surface area (Å²) in [6.07, 6.45) is 15.7. The van der Waals surface area contributed by atoms with E-state index in [0.29, 0.717) is 44.9 Å². The van der Waals surface area contributed by atoms with Gasteiger partial charge in [0, 0.05) is 6.54 Å². The Labute approximate surface area is 217 Å². The van der Waals surface area contributed by atoms with Crippen molar-refractivity contribution in [2.45, 2.75) is 128 Å². The molecule has 0 aromatic rings. The van der Waals surface area contributed by atoms with Crippen LogP contribution in [0.1, 0.15) is 110 Å². The highest BCUT2D eigenvalue weighted by atomic mass is 16.5. The number of carbonyl (C=O) groups is 3. The van der Waals surface area contributed by atoms with Gasteiger partial charge in [-0.05, 0) is 69.7 Å². The maximum absolute atomic E-state index is 13.9. The Morgan fingerprint density at radius 3 is 2.36 bits per heavy atom. The predicted molar refractivity (Wildman–Crippen MR) is 139 cm³/mol. The molecule has 1 amide bonds. The monoisotopic (exact) mass is 507 g/mol. The van der Waals surface area contributed by atoms with Gasteiger partial charge in [0.1, 0.15) is 12.1 Å². The Hall–Kier alpha value is -1.67. The lowest BCUT2D eigenvalue weighted by Crippen LogP contribution is -2.54. The van der Waals surface area contributed by atoms with Crippen LogP contribution in [0, 0.1) is 11.3 Å². The summed E-state index contributed by atoms with van der Waals surface area (Å²) < 4.78 is 5.38. The second-order valence-electron chi connectivity index (χ2n) is 11.5. The van der Waals surface area contributed by atoms with Crippen molar-refractivity contribution in [1.82, 2.24) is 10.2 Å². The van der Waals surface area contributed by atoms with E-state index in [0.717, 1.165) is 44.9 Å². The van der Waals surface area contributed by atoms with Crippen LogP contribution in [-0.4, -0.2) is 65.7 Å². The highest BCUT2D eigenvalue weighted by Crippen LogP contribution is 2.46. The molecule has 3 fully saturated rings. The smallest absolute Gasteiger partial charge is 0.326 e. The van der Waals surface area contributed by atoms with Crippen LogP contribution in [0.3, 0.4) is 0 Å². The minimum Gasteiger partial charge on any atom is -0.480 e. The fourth-order valence-electron chi connectivity index (χ4n) is 6.78. The molecule has 3 rings (SSSR count). The van der Waals surface area contributed by atoms with Crippen LogP contribution in [0.4, 0.5) is 0 Å². The van der Waals surface area contributed by atoms with Crippen LogP contribution in [-0.2, 0) is 19.1 Å². The molecule has 3 atom stereocenters. The van der Waals surface area contributed by atoms with Crippen molar-refractivity contribution in [1.29, 1.82) is 0 Å². The molecule has 2 aliphatic carbocycles. The van der Waals surface area contributed by atoms with Gasteiger partial charge in [0.25, 0.3) is 0 Å². The Morgan fingerprint density at radius 2 is 1.72 bits per heavy atom. The van der Waals surface area contributed by atoms with E-state index >= 15 is 0 Å². The fraction of sp³-hybridized carbons (Fsp3) is 0.893. The first-order valence-corrected chi connectivity index (χ1v) is 14.5. The van der Waals surface area contributed by atoms with E-state index in [1.165, 1.54) is 38.5 Å². The quantitative estimate of drug-likeness (QED) is 0.254. The van der Waals surface area contributed by atoms with Gasteiger partial charge < -0.3 is 20.5 Å². The number of likely N-dealkylation sites (tertiary alicyclic amines) is 1. The first kappa shape index (κ1) is 28.9. The first-order chi connectivity index (χ1) is 17.4. The number of carboxylic acid groups (broad SMARTS) is 1. The van der Waals surface area contributed by atoms with Gasteiger partial charge in [0.05, 0.1) is 12.6 Å². The number of carbonyl (C=O) groups excluding carboxylic acids is 2. The molecule has 1 heterocycles. The summed E-state index contributed by atoms with van der Waals surface area (Å²) in [5, 5.41) is 13.4. The molecule has 0 bridgehead atoms. The molecule has 206 valence electrons. The third-order valence-corrected chi connectivity index (χ3v) is 8.80. The number of nitrogens with two attached hydrogens (primary N) is 1. The van der Waals surface area contributed by atoms with E-state index in [-0.39, 0.29) is 17.3 Å². The summed E-state index contributed by atoms with van der Waals surface area (Å²) in [5.74, 6) is -0.811. The van der Waals surface area contributed by atoms with Crippen LogP contribution in [0.2, 0.25) is 0 Å². The van der Waals surface area contributed by atoms with Crippen molar-refractivity contribution in [3.8, 4) is 0 Å². The molecule has 2 saturated carbocycles. The van der Waals surface area contributed by atoms with Crippen LogP contribution in [0.15, 0.2) is 0 Å². The zero-order valence-electron chi connectivity index (χ0n) is 22.3. The predicted octanol–water partition coefficient (Wildman–Crippen LogP) is 4.00. The molecule has 1 spiro atoms. The third kappa shape index (κ3) is 7.91. The number of esters is 1. The van der Waals surface area contributed by atoms with Crippen molar-refractivity contribution < 1.29 is 24.2 Å². The van der Waals surface area contributed by atoms with Gasteiger partial charge in [-0.1, -0.05) is 57.8 Å². The molecule has 0 aromatic carbocycles. The molecule has 4 N–H and O–H groups in total. The lowest BCUT2D eigenvalue weighted by Gasteiger charge is -2.34. The summed E-state index contributed by atoms with van der Waals surface area (Å²) in [6.45, 7) is 3.13. The van der Waals surface area contributed by atoms with Gasteiger partial charge in [-0.15, -0.1) is 0 Å². The number of aliphatic carboxylic acids is 1. The number of hydrogen-bond acceptors (Lipinski definition) is 6. The number of amides is 1. The van der Waals surface area contributed by atoms with Crippen LogP contribution < -0.4 is 11.1 Å². The molecule has 1 aliphatic heterocycles. The molecule has 8 nitrogen and oxygen atoms in total. The summed E-state index contributed by atoms with van der Waals surface area (Å²) >= 11 is 0. The van der Waals surface area contributed by atoms with Crippen molar-refractivity contribution >= 4 is 17.8 Å². The minimum atomic E-state index is -0.925. The van der Waals surface area contributed by atoms with E-state index in [9.17, 15) is 19.5 Å². The lowest BCUT2D eigenvalue weighted by molar-refractivity contribution is -0.150. The number of unbranched alkanes of at least 4 members (excludes halogenated alkanes) is 1. The van der Waals surface area contributed by atoms with Crippen molar-refractivity contribution in [2.75, 3.05) is 19.7 Å². The van der Waals surface area contributed by atoms with Crippen LogP contribution >= 0.6 is 0 Å². The number of nitrogens with zero attached hydrogens (tertiary/aromatic N) is 1. The van der Waals surface area contributed by atoms with E-state index in [1.807, 2.05) is 0 Å². The number of ether oxygens (including phenoxy) is 1. The second-order valence-corrected chi connectivity index (χ2v) is 11.5. The van der Waals surface area contributed by atoms with E-state index < -0.39 is 24.1 Å². The lowest BCUT2D eigenvalue weighted by atomic mass is 9.73. The SMILES string of the molecule is CCOC(=O)C(CCC1CCCCC1)N[C@@H](CCCCN)C(=O)N1CC2(CCCCC2)CC1C(=O)O. The van der Waals surface area contributed by atoms with E-state index in [2.05, 4.69) is 5.32 Å². The minimum absolute atomic E-state index is 0.0830. The zero-order chi connectivity index (χ0) is 26.0. The largest absolute Gasteiger partial charge is 0.480 e. The van der Waals surface area contributed by atoms with Crippen LogP contribution in [0.25, 0.3) is 0 Å². The van der Waals surface area contributed by atoms with Gasteiger partial charge in [-0.3, -0.25) is 14.9 Å². The molecular formula is C28H49N3O5. The van der Waals surface area contributed by atoms with Crippen molar-refractivity contribution in [2.24, 2.45) is 17.1 Å². The Morgan fingerprint density at radius 1 is 1.03 bits per heavy atom. The Bertz CT molecular complexity index is 718. The summed E-state index contributed by atoms with van der Waals surface area (Å²) in [4.78, 5) is 40.7. The number of carboxylic acids is 1. The van der Waals surface area contributed by atoms with Gasteiger partial charge in [-0.2, -0.15) is 0 Å². The summed E-state index contributed by atoms with van der Waals surface area (Å²) in [7, 11) is 0. The number of rotatable bonds is 13. The first-order valence-electron chi connectivity index (χ1n) is 14.5. The van der Waals surface area contributed by atoms with E-state index in [1.54, 1.807) is 11.8 Å². The summed E-state index contributed by atoms with van der Waals surface area (Å²) in [5.41, 5.74) is 5.64. The highest BCUT2D eigenvalue weighted by Gasteiger charge is 2.50. The molecule has 3 aliphatic rings. The average Bonchev–Trinajstić information content (AvgIpc) is 3.25. The van der Waals surface area contributed by atoms with Crippen LogP contribution in [0.5, 0.6) is 0 Å². The molecule has 1 saturated heterocycles. The maximum Gasteiger partial charge on any atom is 0.326 e. The highest BCUT2D eigenvalue weighted by molar-refractivity contribution is 5.88. The molecular weight excluding hydrogens is 458 g/mol. The molecule has 36 heavy (non-hydrogen) atoms. The fourth-order valence-corrected chi connectivity index (χ4v) is 6.78.